The molecule has 1 aliphatic heterocycles. The molecule has 0 saturated heterocycles. The van der Waals surface area contributed by atoms with Gasteiger partial charge in [-0.25, -0.2) is 9.97 Å². The summed E-state index contributed by atoms with van der Waals surface area (Å²) < 4.78 is 7.11. The Kier molecular flexibility index (Phi) is 4.41. The van der Waals surface area contributed by atoms with Crippen LogP contribution in [0.25, 0.3) is 0 Å². The van der Waals surface area contributed by atoms with E-state index in [-0.39, 0.29) is 17.9 Å². The largest absolute Gasteiger partial charge is 0.467 e. The molecule has 138 valence electrons. The van der Waals surface area contributed by atoms with Crippen LogP contribution < -0.4 is 5.32 Å². The van der Waals surface area contributed by atoms with Gasteiger partial charge in [-0.3, -0.25) is 14.6 Å². The number of carbonyl (C=O) groups excluding carboxylic acids is 2. The normalized spacial score (nSPS) is 16.0. The van der Waals surface area contributed by atoms with Crippen LogP contribution in [0.15, 0.2) is 47.6 Å². The van der Waals surface area contributed by atoms with Gasteiger partial charge >= 0.3 is 0 Å². The topological polar surface area (TPSA) is 106 Å². The van der Waals surface area contributed by atoms with E-state index in [1.165, 1.54) is 18.6 Å². The highest BCUT2D eigenvalue weighted by atomic mass is 16.3. The Morgan fingerprint density at radius 3 is 2.93 bits per heavy atom. The number of hydrogen-bond acceptors (Lipinski definition) is 6. The second-order valence-electron chi connectivity index (χ2n) is 6.20. The molecule has 0 spiro atoms. The minimum absolute atomic E-state index is 0.200. The summed E-state index contributed by atoms with van der Waals surface area (Å²) in [6.07, 6.45) is 7.74. The lowest BCUT2D eigenvalue weighted by molar-refractivity contribution is 0.0631. The van der Waals surface area contributed by atoms with Gasteiger partial charge in [0.25, 0.3) is 11.8 Å². The van der Waals surface area contributed by atoms with Crippen LogP contribution >= 0.6 is 0 Å². The minimum atomic E-state index is -0.285. The van der Waals surface area contributed by atoms with Gasteiger partial charge in [-0.15, -0.1) is 0 Å². The zero-order chi connectivity index (χ0) is 18.8. The fourth-order valence-electron chi connectivity index (χ4n) is 3.11. The standard InChI is InChI=1S/C18H18N6O3/c1-12-16-22-15(17(25)21-9-13-3-2-8-27-13)11-23(16)6-7-24(12)18(26)14-10-19-4-5-20-14/h2-5,8,10-12H,6-7,9H2,1H3,(H,21,25)/t12-/m1/s1. The Balaban J connectivity index is 1.49. The van der Waals surface area contributed by atoms with E-state index in [1.807, 2.05) is 11.5 Å². The summed E-state index contributed by atoms with van der Waals surface area (Å²) in [6.45, 7) is 3.25. The number of furan rings is 1. The molecule has 27 heavy (non-hydrogen) atoms. The van der Waals surface area contributed by atoms with Crippen molar-refractivity contribution in [3.63, 3.8) is 0 Å². The van der Waals surface area contributed by atoms with Crippen molar-refractivity contribution >= 4 is 11.8 Å². The van der Waals surface area contributed by atoms with Crippen LogP contribution in [-0.4, -0.2) is 42.8 Å². The van der Waals surface area contributed by atoms with Crippen LogP contribution in [0.5, 0.6) is 0 Å². The fourth-order valence-corrected chi connectivity index (χ4v) is 3.11. The molecular weight excluding hydrogens is 348 g/mol. The van der Waals surface area contributed by atoms with Gasteiger partial charge in [0, 0.05) is 31.7 Å². The first kappa shape index (κ1) is 17.0. The number of imidazole rings is 1. The Bertz CT molecular complexity index is 951. The SMILES string of the molecule is C[C@@H]1c2nc(C(=O)NCc3ccco3)cn2CCN1C(=O)c1cnccn1. The number of nitrogens with zero attached hydrogens (tertiary/aromatic N) is 5. The fraction of sp³-hybridized carbons (Fsp3) is 0.278. The first-order valence-corrected chi connectivity index (χ1v) is 8.58. The third-order valence-corrected chi connectivity index (χ3v) is 4.51. The first-order valence-electron chi connectivity index (χ1n) is 8.58. The van der Waals surface area contributed by atoms with Crippen molar-refractivity contribution in [2.24, 2.45) is 0 Å². The second kappa shape index (κ2) is 7.02. The molecule has 0 unspecified atom stereocenters. The van der Waals surface area contributed by atoms with Gasteiger partial charge < -0.3 is 19.2 Å². The van der Waals surface area contributed by atoms with Gasteiger partial charge in [0.15, 0.2) is 0 Å². The summed E-state index contributed by atoms with van der Waals surface area (Å²) in [5, 5.41) is 2.78. The number of nitrogens with one attached hydrogen (secondary N) is 1. The number of rotatable bonds is 4. The van der Waals surface area contributed by atoms with E-state index in [1.54, 1.807) is 29.5 Å². The first-order chi connectivity index (χ1) is 13.1. The Morgan fingerprint density at radius 1 is 1.30 bits per heavy atom. The maximum Gasteiger partial charge on any atom is 0.274 e. The van der Waals surface area contributed by atoms with Crippen molar-refractivity contribution in [1.29, 1.82) is 0 Å². The Labute approximate surface area is 155 Å². The second-order valence-corrected chi connectivity index (χ2v) is 6.20. The summed E-state index contributed by atoms with van der Waals surface area (Å²) in [5.41, 5.74) is 0.609. The van der Waals surface area contributed by atoms with Crippen LogP contribution in [-0.2, 0) is 13.1 Å². The summed E-state index contributed by atoms with van der Waals surface area (Å²) in [6, 6.07) is 3.28. The molecule has 9 nitrogen and oxygen atoms in total. The number of aromatic nitrogens is 4. The van der Waals surface area contributed by atoms with E-state index in [0.29, 0.717) is 42.6 Å². The van der Waals surface area contributed by atoms with Crippen LogP contribution in [0, 0.1) is 0 Å². The summed E-state index contributed by atoms with van der Waals surface area (Å²) >= 11 is 0. The molecule has 3 aromatic rings. The van der Waals surface area contributed by atoms with E-state index < -0.39 is 0 Å². The van der Waals surface area contributed by atoms with Crippen LogP contribution in [0.2, 0.25) is 0 Å². The lowest BCUT2D eigenvalue weighted by Crippen LogP contribution is -2.41. The highest BCUT2D eigenvalue weighted by Crippen LogP contribution is 2.25. The van der Waals surface area contributed by atoms with E-state index in [0.717, 1.165) is 0 Å². The Hall–Kier alpha value is -3.49. The molecule has 0 radical (unpaired) electrons. The van der Waals surface area contributed by atoms with Gasteiger partial charge in [0.05, 0.1) is 25.0 Å². The number of carbonyl (C=O) groups is 2. The molecule has 0 fully saturated rings. The molecule has 0 saturated carbocycles. The molecule has 3 aromatic heterocycles. The lowest BCUT2D eigenvalue weighted by Gasteiger charge is -2.33. The van der Waals surface area contributed by atoms with Crippen LogP contribution in [0.3, 0.4) is 0 Å². The maximum absolute atomic E-state index is 12.7. The number of fused-ring (bicyclic) bond motifs is 1. The van der Waals surface area contributed by atoms with Crippen molar-refractivity contribution in [2.75, 3.05) is 6.54 Å². The van der Waals surface area contributed by atoms with Crippen molar-refractivity contribution in [3.8, 4) is 0 Å². The molecule has 4 heterocycles. The van der Waals surface area contributed by atoms with Gasteiger partial charge in [-0.05, 0) is 19.1 Å². The molecule has 1 aliphatic rings. The smallest absolute Gasteiger partial charge is 0.274 e. The summed E-state index contributed by atoms with van der Waals surface area (Å²) in [7, 11) is 0. The summed E-state index contributed by atoms with van der Waals surface area (Å²) in [4.78, 5) is 39.2. The third kappa shape index (κ3) is 3.31. The predicted molar refractivity (Wildman–Crippen MR) is 93.6 cm³/mol. The Morgan fingerprint density at radius 2 is 2.19 bits per heavy atom. The molecule has 2 amide bonds. The summed E-state index contributed by atoms with van der Waals surface area (Å²) in [5.74, 6) is 0.851. The monoisotopic (exact) mass is 366 g/mol. The molecule has 1 N–H and O–H groups in total. The molecule has 0 bridgehead atoms. The zero-order valence-electron chi connectivity index (χ0n) is 14.7. The molecule has 4 rings (SSSR count). The van der Waals surface area contributed by atoms with Gasteiger partial charge in [0.1, 0.15) is 23.0 Å². The average molecular weight is 366 g/mol. The zero-order valence-corrected chi connectivity index (χ0v) is 14.7. The van der Waals surface area contributed by atoms with E-state index in [9.17, 15) is 9.59 Å². The quantitative estimate of drug-likeness (QED) is 0.748. The molecule has 0 aliphatic carbocycles. The maximum atomic E-state index is 12.7. The highest BCUT2D eigenvalue weighted by molar-refractivity contribution is 5.93. The van der Waals surface area contributed by atoms with Crippen molar-refractivity contribution in [1.82, 2.24) is 29.7 Å². The molecule has 9 heteroatoms. The average Bonchev–Trinajstić information content (AvgIpc) is 3.37. The van der Waals surface area contributed by atoms with Crippen molar-refractivity contribution in [3.05, 3.63) is 66.2 Å². The lowest BCUT2D eigenvalue weighted by atomic mass is 10.2. The highest BCUT2D eigenvalue weighted by Gasteiger charge is 2.31. The van der Waals surface area contributed by atoms with Crippen molar-refractivity contribution in [2.45, 2.75) is 26.1 Å². The van der Waals surface area contributed by atoms with E-state index in [2.05, 4.69) is 20.3 Å². The number of amides is 2. The molecule has 1 atom stereocenters. The minimum Gasteiger partial charge on any atom is -0.467 e. The van der Waals surface area contributed by atoms with E-state index in [4.69, 9.17) is 4.42 Å². The molecule has 0 aromatic carbocycles. The van der Waals surface area contributed by atoms with Gasteiger partial charge in [-0.2, -0.15) is 0 Å². The third-order valence-electron chi connectivity index (χ3n) is 4.51. The van der Waals surface area contributed by atoms with Crippen LogP contribution in [0.1, 0.15) is 45.5 Å². The predicted octanol–water partition coefficient (Wildman–Crippen LogP) is 1.41. The number of hydrogen-bond donors (Lipinski definition) is 1. The molecular formula is C18H18N6O3. The van der Waals surface area contributed by atoms with Crippen molar-refractivity contribution < 1.29 is 14.0 Å². The van der Waals surface area contributed by atoms with Gasteiger partial charge in [-0.1, -0.05) is 0 Å². The van der Waals surface area contributed by atoms with Crippen LogP contribution in [0.4, 0.5) is 0 Å². The van der Waals surface area contributed by atoms with E-state index >= 15 is 0 Å². The van der Waals surface area contributed by atoms with Gasteiger partial charge in [0.2, 0.25) is 0 Å².